The number of nitrogens with one attached hydrogen (secondary N) is 1. The summed E-state index contributed by atoms with van der Waals surface area (Å²) in [7, 11) is 0. The maximum atomic E-state index is 13.5. The first-order valence-corrected chi connectivity index (χ1v) is 5.60. The highest BCUT2D eigenvalue weighted by atomic mass is 35.5. The van der Waals surface area contributed by atoms with E-state index in [2.05, 4.69) is 15.3 Å². The van der Waals surface area contributed by atoms with Crippen LogP contribution in [0.25, 0.3) is 0 Å². The summed E-state index contributed by atoms with van der Waals surface area (Å²) in [5, 5.41) is 2.48. The monoisotopic (exact) mass is 283 g/mol. The van der Waals surface area contributed by atoms with Gasteiger partial charge in [0.05, 0.1) is 11.3 Å². The molecule has 7 heteroatoms. The molecule has 0 spiro atoms. The lowest BCUT2D eigenvalue weighted by atomic mass is 10.2. The summed E-state index contributed by atoms with van der Waals surface area (Å²) in [4.78, 5) is 18.7. The Labute approximate surface area is 112 Å². The average molecular weight is 284 g/mol. The van der Waals surface area contributed by atoms with Crippen LogP contribution in [0, 0.1) is 18.6 Å². The summed E-state index contributed by atoms with van der Waals surface area (Å²) in [6.45, 7) is 1.56. The number of hydrogen-bond acceptors (Lipinski definition) is 4. The van der Waals surface area contributed by atoms with Crippen LogP contribution < -0.4 is 5.32 Å². The maximum Gasteiger partial charge on any atom is 0.156 e. The molecular formula is C12H8ClF2N3O. The molecule has 0 saturated heterocycles. The smallest absolute Gasteiger partial charge is 0.156 e. The molecule has 4 nitrogen and oxygen atoms in total. The summed E-state index contributed by atoms with van der Waals surface area (Å²) in [6, 6.07) is 2.91. The highest BCUT2D eigenvalue weighted by Crippen LogP contribution is 2.24. The Kier molecular flexibility index (Phi) is 3.71. The first-order chi connectivity index (χ1) is 9.01. The topological polar surface area (TPSA) is 54.9 Å². The molecule has 0 unspecified atom stereocenters. The molecule has 1 N–H and O–H groups in total. The van der Waals surface area contributed by atoms with Crippen molar-refractivity contribution in [3.8, 4) is 0 Å². The van der Waals surface area contributed by atoms with Crippen molar-refractivity contribution in [2.45, 2.75) is 6.92 Å². The van der Waals surface area contributed by atoms with Gasteiger partial charge < -0.3 is 5.32 Å². The normalized spacial score (nSPS) is 10.3. The molecule has 0 aliphatic carbocycles. The van der Waals surface area contributed by atoms with Gasteiger partial charge in [0.1, 0.15) is 28.4 Å². The lowest BCUT2D eigenvalue weighted by Gasteiger charge is -2.10. The minimum atomic E-state index is -0.675. The molecule has 0 aliphatic rings. The molecule has 1 aromatic heterocycles. The fourth-order valence-corrected chi connectivity index (χ4v) is 1.72. The van der Waals surface area contributed by atoms with E-state index in [1.165, 1.54) is 0 Å². The lowest BCUT2D eigenvalue weighted by Crippen LogP contribution is -2.04. The van der Waals surface area contributed by atoms with Crippen LogP contribution in [-0.2, 0) is 0 Å². The summed E-state index contributed by atoms with van der Waals surface area (Å²) in [6.07, 6.45) is 0.446. The Hall–Kier alpha value is -2.08. The van der Waals surface area contributed by atoms with Gasteiger partial charge in [-0.25, -0.2) is 18.7 Å². The SMILES string of the molecule is Cc1nc(Cl)c(C=O)c(Nc2cc(F)ccc2F)n1. The fraction of sp³-hybridized carbons (Fsp3) is 0.0833. The molecule has 0 amide bonds. The standard InChI is InChI=1S/C12H8ClF2N3O/c1-6-16-11(13)8(5-19)12(17-6)18-10-4-7(14)2-3-9(10)15/h2-5H,1H3,(H,16,17,18). The van der Waals surface area contributed by atoms with E-state index in [1.54, 1.807) is 6.92 Å². The molecule has 98 valence electrons. The number of nitrogens with zero attached hydrogens (tertiary/aromatic N) is 2. The number of halogens is 3. The average Bonchev–Trinajstić information content (AvgIpc) is 2.33. The predicted molar refractivity (Wildman–Crippen MR) is 66.8 cm³/mol. The Balaban J connectivity index is 2.48. The highest BCUT2D eigenvalue weighted by Gasteiger charge is 2.13. The van der Waals surface area contributed by atoms with E-state index >= 15 is 0 Å². The Morgan fingerprint density at radius 3 is 2.74 bits per heavy atom. The summed E-state index contributed by atoms with van der Waals surface area (Å²) in [5.74, 6) is -0.967. The molecule has 0 saturated carbocycles. The minimum Gasteiger partial charge on any atom is -0.337 e. The first kappa shape index (κ1) is 13.4. The Morgan fingerprint density at radius 1 is 1.32 bits per heavy atom. The minimum absolute atomic E-state index is 0.0177. The van der Waals surface area contributed by atoms with Gasteiger partial charge in [0.2, 0.25) is 0 Å². The summed E-state index contributed by atoms with van der Waals surface area (Å²) in [5.41, 5.74) is -0.159. The molecular weight excluding hydrogens is 276 g/mol. The maximum absolute atomic E-state index is 13.5. The number of carbonyl (C=O) groups excluding carboxylic acids is 1. The Bertz CT molecular complexity index is 649. The van der Waals surface area contributed by atoms with Crippen molar-refractivity contribution in [3.05, 3.63) is 46.4 Å². The van der Waals surface area contributed by atoms with E-state index in [1.807, 2.05) is 0 Å². The van der Waals surface area contributed by atoms with Crippen molar-refractivity contribution in [2.24, 2.45) is 0 Å². The molecule has 0 radical (unpaired) electrons. The van der Waals surface area contributed by atoms with Crippen LogP contribution in [0.5, 0.6) is 0 Å². The molecule has 0 atom stereocenters. The van der Waals surface area contributed by atoms with Crippen LogP contribution in [0.2, 0.25) is 5.15 Å². The second kappa shape index (κ2) is 5.27. The van der Waals surface area contributed by atoms with Gasteiger partial charge in [-0.1, -0.05) is 11.6 Å². The number of carbonyl (C=O) groups is 1. The van der Waals surface area contributed by atoms with Crippen molar-refractivity contribution >= 4 is 29.4 Å². The lowest BCUT2D eigenvalue weighted by molar-refractivity contribution is 0.112. The molecule has 0 bridgehead atoms. The number of aromatic nitrogens is 2. The van der Waals surface area contributed by atoms with Gasteiger partial charge >= 0.3 is 0 Å². The predicted octanol–water partition coefficient (Wildman–Crippen LogP) is 3.27. The molecule has 2 rings (SSSR count). The Morgan fingerprint density at radius 2 is 2.05 bits per heavy atom. The number of anilines is 2. The number of aryl methyl sites for hydroxylation is 1. The van der Waals surface area contributed by atoms with Crippen molar-refractivity contribution in [1.29, 1.82) is 0 Å². The van der Waals surface area contributed by atoms with Crippen LogP contribution in [0.15, 0.2) is 18.2 Å². The van der Waals surface area contributed by atoms with Crippen molar-refractivity contribution < 1.29 is 13.6 Å². The van der Waals surface area contributed by atoms with E-state index < -0.39 is 11.6 Å². The van der Waals surface area contributed by atoms with E-state index in [0.717, 1.165) is 18.2 Å². The summed E-state index contributed by atoms with van der Waals surface area (Å²) < 4.78 is 26.6. The highest BCUT2D eigenvalue weighted by molar-refractivity contribution is 6.32. The van der Waals surface area contributed by atoms with Crippen molar-refractivity contribution in [3.63, 3.8) is 0 Å². The molecule has 0 aliphatic heterocycles. The van der Waals surface area contributed by atoms with Crippen LogP contribution in [0.3, 0.4) is 0 Å². The first-order valence-electron chi connectivity index (χ1n) is 5.22. The second-order valence-corrected chi connectivity index (χ2v) is 4.05. The van der Waals surface area contributed by atoms with Gasteiger partial charge in [-0.15, -0.1) is 0 Å². The van der Waals surface area contributed by atoms with Gasteiger partial charge in [-0.3, -0.25) is 4.79 Å². The van der Waals surface area contributed by atoms with E-state index in [0.29, 0.717) is 12.1 Å². The van der Waals surface area contributed by atoms with Gasteiger partial charge in [0.25, 0.3) is 0 Å². The summed E-state index contributed by atoms with van der Waals surface area (Å²) >= 11 is 5.78. The third-order valence-corrected chi connectivity index (χ3v) is 2.60. The zero-order valence-corrected chi connectivity index (χ0v) is 10.5. The molecule has 2 aromatic rings. The van der Waals surface area contributed by atoms with Gasteiger partial charge in [-0.2, -0.15) is 0 Å². The van der Waals surface area contributed by atoms with Crippen LogP contribution >= 0.6 is 11.6 Å². The van der Waals surface area contributed by atoms with E-state index in [4.69, 9.17) is 11.6 Å². The second-order valence-electron chi connectivity index (χ2n) is 3.69. The number of rotatable bonds is 3. The van der Waals surface area contributed by atoms with Crippen LogP contribution in [-0.4, -0.2) is 16.3 Å². The van der Waals surface area contributed by atoms with E-state index in [-0.39, 0.29) is 22.2 Å². The number of benzene rings is 1. The quantitative estimate of drug-likeness (QED) is 0.694. The van der Waals surface area contributed by atoms with Gasteiger partial charge in [-0.05, 0) is 19.1 Å². The molecule has 1 aromatic carbocycles. The zero-order chi connectivity index (χ0) is 14.0. The zero-order valence-electron chi connectivity index (χ0n) is 9.75. The van der Waals surface area contributed by atoms with Crippen molar-refractivity contribution in [2.75, 3.05) is 5.32 Å². The van der Waals surface area contributed by atoms with Crippen LogP contribution in [0.1, 0.15) is 16.2 Å². The molecule has 19 heavy (non-hydrogen) atoms. The third kappa shape index (κ3) is 2.85. The number of hydrogen-bond donors (Lipinski definition) is 1. The molecule has 1 heterocycles. The van der Waals surface area contributed by atoms with E-state index in [9.17, 15) is 13.6 Å². The van der Waals surface area contributed by atoms with Gasteiger partial charge in [0, 0.05) is 6.07 Å². The fourth-order valence-electron chi connectivity index (χ4n) is 1.47. The largest absolute Gasteiger partial charge is 0.337 e. The molecule has 0 fully saturated rings. The third-order valence-electron chi connectivity index (χ3n) is 2.31. The van der Waals surface area contributed by atoms with Crippen molar-refractivity contribution in [1.82, 2.24) is 9.97 Å². The van der Waals surface area contributed by atoms with Crippen LogP contribution in [0.4, 0.5) is 20.3 Å². The number of aldehydes is 1. The van der Waals surface area contributed by atoms with Gasteiger partial charge in [0.15, 0.2) is 6.29 Å².